The van der Waals surface area contributed by atoms with Crippen LogP contribution in [-0.2, 0) is 0 Å². The number of benzene rings is 2. The summed E-state index contributed by atoms with van der Waals surface area (Å²) in [6.07, 6.45) is -1.24. The number of rotatable bonds is 3. The van der Waals surface area contributed by atoms with Gasteiger partial charge in [0.2, 0.25) is 0 Å². The van der Waals surface area contributed by atoms with Gasteiger partial charge in [-0.05, 0) is 47.7 Å². The first-order valence-corrected chi connectivity index (χ1v) is 7.36. The molecule has 0 heterocycles. The van der Waals surface area contributed by atoms with Crippen LogP contribution in [-0.4, -0.2) is 10.6 Å². The zero-order chi connectivity index (χ0) is 15.6. The Labute approximate surface area is 131 Å². The molecule has 21 heavy (non-hydrogen) atoms. The first-order valence-electron chi connectivity index (χ1n) is 5.75. The molecule has 0 spiro atoms. The van der Waals surface area contributed by atoms with Crippen LogP contribution < -0.4 is 0 Å². The van der Waals surface area contributed by atoms with Gasteiger partial charge in [-0.15, -0.1) is 0 Å². The summed E-state index contributed by atoms with van der Waals surface area (Å²) in [5.74, 6) is -0.584. The molecule has 0 aliphatic rings. The topological polar surface area (TPSA) is 20.2 Å². The maximum atomic E-state index is 13.7. The van der Waals surface area contributed by atoms with Gasteiger partial charge in [-0.25, -0.2) is 4.39 Å². The summed E-state index contributed by atoms with van der Waals surface area (Å²) in [4.78, 5) is 0.00756. The van der Waals surface area contributed by atoms with Crippen molar-refractivity contribution in [2.45, 2.75) is 16.5 Å². The van der Waals surface area contributed by atoms with Crippen molar-refractivity contribution in [2.75, 3.05) is 0 Å². The molecule has 0 amide bonds. The zero-order valence-electron chi connectivity index (χ0n) is 10.4. The summed E-state index contributed by atoms with van der Waals surface area (Å²) >= 11 is 2.94. The van der Waals surface area contributed by atoms with E-state index in [1.807, 2.05) is 0 Å². The van der Waals surface area contributed by atoms with E-state index in [4.69, 9.17) is 0 Å². The highest BCUT2D eigenvalue weighted by atomic mass is 79.9. The van der Waals surface area contributed by atoms with E-state index >= 15 is 0 Å². The Balaban J connectivity index is 2.24. The molecule has 2 aromatic carbocycles. The second-order valence-corrected chi connectivity index (χ2v) is 6.24. The SMILES string of the molecule is OC(c1ccc(SC(F)(F)F)cc1)c1cc(Br)ccc1F. The molecule has 0 fully saturated rings. The Kier molecular flexibility index (Phi) is 4.95. The summed E-state index contributed by atoms with van der Waals surface area (Å²) < 4.78 is 50.9. The summed E-state index contributed by atoms with van der Waals surface area (Å²) in [6.45, 7) is 0. The van der Waals surface area contributed by atoms with Crippen LogP contribution in [0, 0.1) is 5.82 Å². The van der Waals surface area contributed by atoms with Gasteiger partial charge in [0.15, 0.2) is 0 Å². The fourth-order valence-corrected chi connectivity index (χ4v) is 2.67. The molecule has 0 bridgehead atoms. The van der Waals surface area contributed by atoms with Crippen molar-refractivity contribution in [1.82, 2.24) is 0 Å². The van der Waals surface area contributed by atoms with Gasteiger partial charge in [-0.2, -0.15) is 13.2 Å². The average Bonchev–Trinajstić information content (AvgIpc) is 2.40. The minimum Gasteiger partial charge on any atom is -0.384 e. The van der Waals surface area contributed by atoms with Crippen LogP contribution in [0.5, 0.6) is 0 Å². The van der Waals surface area contributed by atoms with Gasteiger partial charge in [0.25, 0.3) is 0 Å². The Morgan fingerprint density at radius 1 is 1.05 bits per heavy atom. The minimum atomic E-state index is -4.36. The molecule has 112 valence electrons. The van der Waals surface area contributed by atoms with Crippen molar-refractivity contribution in [3.05, 3.63) is 63.9 Å². The zero-order valence-corrected chi connectivity index (χ0v) is 12.8. The van der Waals surface area contributed by atoms with Gasteiger partial charge in [0.1, 0.15) is 11.9 Å². The lowest BCUT2D eigenvalue weighted by atomic mass is 10.0. The van der Waals surface area contributed by atoms with Crippen molar-refractivity contribution < 1.29 is 22.7 Å². The van der Waals surface area contributed by atoms with Crippen molar-refractivity contribution in [1.29, 1.82) is 0 Å². The number of alkyl halides is 3. The van der Waals surface area contributed by atoms with Crippen molar-refractivity contribution >= 4 is 27.7 Å². The van der Waals surface area contributed by atoms with Gasteiger partial charge in [0.05, 0.1) is 0 Å². The van der Waals surface area contributed by atoms with Gasteiger partial charge in [0, 0.05) is 14.9 Å². The number of hydrogen-bond acceptors (Lipinski definition) is 2. The van der Waals surface area contributed by atoms with E-state index in [-0.39, 0.29) is 22.2 Å². The van der Waals surface area contributed by atoms with Crippen molar-refractivity contribution in [2.24, 2.45) is 0 Å². The second-order valence-electron chi connectivity index (χ2n) is 4.19. The molecule has 1 N–H and O–H groups in total. The normalized spacial score (nSPS) is 13.2. The first kappa shape index (κ1) is 16.3. The van der Waals surface area contributed by atoms with Crippen LogP contribution in [0.1, 0.15) is 17.2 Å². The van der Waals surface area contributed by atoms with Gasteiger partial charge in [-0.1, -0.05) is 28.1 Å². The van der Waals surface area contributed by atoms with Crippen LogP contribution in [0.3, 0.4) is 0 Å². The standard InChI is InChI=1S/C14H9BrF4OS/c15-9-3-6-12(16)11(7-9)13(20)8-1-4-10(5-2-8)21-14(17,18)19/h1-7,13,20H. The number of thioether (sulfide) groups is 1. The van der Waals surface area contributed by atoms with Crippen LogP contribution >= 0.6 is 27.7 Å². The van der Waals surface area contributed by atoms with Crippen molar-refractivity contribution in [3.8, 4) is 0 Å². The number of aliphatic hydroxyl groups excluding tert-OH is 1. The third-order valence-electron chi connectivity index (χ3n) is 2.68. The van der Waals surface area contributed by atoms with E-state index in [9.17, 15) is 22.7 Å². The molecule has 7 heteroatoms. The highest BCUT2D eigenvalue weighted by Gasteiger charge is 2.29. The molecule has 2 rings (SSSR count). The Bertz CT molecular complexity index is 628. The molecule has 1 unspecified atom stereocenters. The van der Waals surface area contributed by atoms with E-state index in [0.717, 1.165) is 0 Å². The summed E-state index contributed by atoms with van der Waals surface area (Å²) in [7, 11) is 0. The fourth-order valence-electron chi connectivity index (χ4n) is 1.76. The fraction of sp³-hybridized carbons (Fsp3) is 0.143. The smallest absolute Gasteiger partial charge is 0.384 e. The van der Waals surface area contributed by atoms with Gasteiger partial charge in [-0.3, -0.25) is 0 Å². The van der Waals surface area contributed by atoms with Crippen LogP contribution in [0.4, 0.5) is 17.6 Å². The molecular weight excluding hydrogens is 372 g/mol. The van der Waals surface area contributed by atoms with E-state index in [0.29, 0.717) is 10.0 Å². The summed E-state index contributed by atoms with van der Waals surface area (Å²) in [5, 5.41) is 10.1. The lowest BCUT2D eigenvalue weighted by Gasteiger charge is -2.13. The highest BCUT2D eigenvalue weighted by molar-refractivity contribution is 9.10. The lowest BCUT2D eigenvalue weighted by molar-refractivity contribution is -0.0328. The average molecular weight is 381 g/mol. The van der Waals surface area contributed by atoms with Gasteiger partial charge >= 0.3 is 5.51 Å². The maximum Gasteiger partial charge on any atom is 0.446 e. The van der Waals surface area contributed by atoms with Crippen LogP contribution in [0.15, 0.2) is 51.8 Å². The third kappa shape index (κ3) is 4.46. The molecule has 0 saturated heterocycles. The second kappa shape index (κ2) is 6.37. The molecule has 0 saturated carbocycles. The molecule has 0 aliphatic heterocycles. The predicted molar refractivity (Wildman–Crippen MR) is 76.5 cm³/mol. The highest BCUT2D eigenvalue weighted by Crippen LogP contribution is 2.37. The molecule has 0 radical (unpaired) electrons. The van der Waals surface area contributed by atoms with E-state index in [1.54, 1.807) is 0 Å². The molecule has 0 aliphatic carbocycles. The summed E-state index contributed by atoms with van der Waals surface area (Å²) in [6, 6.07) is 9.31. The third-order valence-corrected chi connectivity index (χ3v) is 3.91. The first-order chi connectivity index (χ1) is 9.76. The van der Waals surface area contributed by atoms with E-state index in [2.05, 4.69) is 15.9 Å². The minimum absolute atomic E-state index is 0.00756. The van der Waals surface area contributed by atoms with Crippen LogP contribution in [0.25, 0.3) is 0 Å². The van der Waals surface area contributed by atoms with Gasteiger partial charge < -0.3 is 5.11 Å². The van der Waals surface area contributed by atoms with Crippen molar-refractivity contribution in [3.63, 3.8) is 0 Å². The summed E-state index contributed by atoms with van der Waals surface area (Å²) in [5.41, 5.74) is -3.99. The molecule has 1 atom stereocenters. The number of hydrogen-bond donors (Lipinski definition) is 1. The predicted octanol–water partition coefficient (Wildman–Crippen LogP) is 5.28. The monoisotopic (exact) mass is 380 g/mol. The lowest BCUT2D eigenvalue weighted by Crippen LogP contribution is -2.03. The Morgan fingerprint density at radius 3 is 2.24 bits per heavy atom. The quantitative estimate of drug-likeness (QED) is 0.577. The number of aliphatic hydroxyl groups is 1. The molecular formula is C14H9BrF4OS. The Hall–Kier alpha value is -1.05. The molecule has 2 aromatic rings. The van der Waals surface area contributed by atoms with E-state index in [1.165, 1.54) is 42.5 Å². The van der Waals surface area contributed by atoms with Crippen LogP contribution in [0.2, 0.25) is 0 Å². The molecule has 1 nitrogen and oxygen atoms in total. The maximum absolute atomic E-state index is 13.7. The molecule has 0 aromatic heterocycles. The largest absolute Gasteiger partial charge is 0.446 e. The van der Waals surface area contributed by atoms with E-state index < -0.39 is 17.4 Å². The number of halogens is 5. The Morgan fingerprint density at radius 2 is 1.67 bits per heavy atom.